The molecule has 0 amide bonds. The van der Waals surface area contributed by atoms with Gasteiger partial charge in [0.1, 0.15) is 11.5 Å². The summed E-state index contributed by atoms with van der Waals surface area (Å²) in [5, 5.41) is 3.68. The van der Waals surface area contributed by atoms with Gasteiger partial charge in [0.2, 0.25) is 0 Å². The second-order valence-corrected chi connectivity index (χ2v) is 4.47. The zero-order valence-corrected chi connectivity index (χ0v) is 8.55. The number of nitrogens with zero attached hydrogens (tertiary/aromatic N) is 1. The van der Waals surface area contributed by atoms with E-state index in [2.05, 4.69) is 25.9 Å². The van der Waals surface area contributed by atoms with Gasteiger partial charge in [-0.25, -0.2) is 0 Å². The van der Waals surface area contributed by atoms with E-state index < -0.39 is 0 Å². The van der Waals surface area contributed by atoms with Crippen molar-refractivity contribution in [3.8, 4) is 0 Å². The molecular weight excluding hydrogens is 166 g/mol. The SMILES string of the molecule is CC(=O)c1cc(CC(C)(C)C)on1. The molecule has 0 aliphatic carbocycles. The smallest absolute Gasteiger partial charge is 0.181 e. The number of aromatic nitrogens is 1. The molecule has 0 N–H and O–H groups in total. The zero-order valence-electron chi connectivity index (χ0n) is 8.55. The van der Waals surface area contributed by atoms with E-state index in [1.807, 2.05) is 0 Å². The normalized spacial score (nSPS) is 11.7. The van der Waals surface area contributed by atoms with Crippen LogP contribution in [0.25, 0.3) is 0 Å². The third-order valence-electron chi connectivity index (χ3n) is 1.62. The van der Waals surface area contributed by atoms with Crippen LogP contribution in [0.4, 0.5) is 0 Å². The zero-order chi connectivity index (χ0) is 10.1. The van der Waals surface area contributed by atoms with E-state index >= 15 is 0 Å². The number of rotatable bonds is 2. The largest absolute Gasteiger partial charge is 0.361 e. The van der Waals surface area contributed by atoms with Crippen LogP contribution in [0.2, 0.25) is 0 Å². The van der Waals surface area contributed by atoms with E-state index in [0.717, 1.165) is 12.2 Å². The molecule has 72 valence electrons. The molecule has 0 fully saturated rings. The Kier molecular flexibility index (Phi) is 2.55. The van der Waals surface area contributed by atoms with Crippen molar-refractivity contribution in [2.75, 3.05) is 0 Å². The average molecular weight is 181 g/mol. The molecule has 3 nitrogen and oxygen atoms in total. The van der Waals surface area contributed by atoms with Gasteiger partial charge in [-0.15, -0.1) is 0 Å². The molecule has 1 aromatic rings. The molecule has 1 aromatic heterocycles. The lowest BCUT2D eigenvalue weighted by Gasteiger charge is -2.14. The molecule has 0 atom stereocenters. The molecule has 1 rings (SSSR count). The van der Waals surface area contributed by atoms with Crippen molar-refractivity contribution < 1.29 is 9.32 Å². The summed E-state index contributed by atoms with van der Waals surface area (Å²) in [5.74, 6) is 0.724. The number of hydrogen-bond donors (Lipinski definition) is 0. The molecule has 0 saturated carbocycles. The van der Waals surface area contributed by atoms with Crippen LogP contribution in [0, 0.1) is 5.41 Å². The summed E-state index contributed by atoms with van der Waals surface area (Å²) in [7, 11) is 0. The van der Waals surface area contributed by atoms with Crippen molar-refractivity contribution in [3.63, 3.8) is 0 Å². The second kappa shape index (κ2) is 3.32. The Labute approximate surface area is 78.1 Å². The molecule has 0 saturated heterocycles. The Bertz CT molecular complexity index is 307. The predicted octanol–water partition coefficient (Wildman–Crippen LogP) is 2.47. The van der Waals surface area contributed by atoms with Gasteiger partial charge in [-0.2, -0.15) is 0 Å². The Morgan fingerprint density at radius 2 is 2.15 bits per heavy atom. The fourth-order valence-corrected chi connectivity index (χ4v) is 1.08. The van der Waals surface area contributed by atoms with Crippen molar-refractivity contribution in [3.05, 3.63) is 17.5 Å². The van der Waals surface area contributed by atoms with Crippen LogP contribution < -0.4 is 0 Å². The van der Waals surface area contributed by atoms with Crippen LogP contribution in [-0.4, -0.2) is 10.9 Å². The summed E-state index contributed by atoms with van der Waals surface area (Å²) in [5.41, 5.74) is 0.576. The van der Waals surface area contributed by atoms with Crippen LogP contribution >= 0.6 is 0 Å². The van der Waals surface area contributed by atoms with Crippen molar-refractivity contribution in [2.45, 2.75) is 34.1 Å². The van der Waals surface area contributed by atoms with E-state index in [1.165, 1.54) is 6.92 Å². The first-order valence-corrected chi connectivity index (χ1v) is 4.35. The highest BCUT2D eigenvalue weighted by atomic mass is 16.5. The van der Waals surface area contributed by atoms with Crippen molar-refractivity contribution in [1.29, 1.82) is 0 Å². The minimum Gasteiger partial charge on any atom is -0.361 e. The Hall–Kier alpha value is -1.12. The van der Waals surface area contributed by atoms with Crippen molar-refractivity contribution >= 4 is 5.78 Å². The Morgan fingerprint density at radius 3 is 2.54 bits per heavy atom. The first-order valence-electron chi connectivity index (χ1n) is 4.35. The molecule has 3 heteroatoms. The fourth-order valence-electron chi connectivity index (χ4n) is 1.08. The molecular formula is C10H15NO2. The van der Waals surface area contributed by atoms with Gasteiger partial charge in [-0.05, 0) is 5.41 Å². The lowest BCUT2D eigenvalue weighted by Crippen LogP contribution is -2.08. The van der Waals surface area contributed by atoms with Crippen molar-refractivity contribution in [2.24, 2.45) is 5.41 Å². The Balaban J connectivity index is 2.75. The molecule has 0 aromatic carbocycles. The first-order chi connectivity index (χ1) is 5.88. The van der Waals surface area contributed by atoms with Gasteiger partial charge in [-0.3, -0.25) is 4.79 Å². The van der Waals surface area contributed by atoms with E-state index in [0.29, 0.717) is 5.69 Å². The van der Waals surface area contributed by atoms with E-state index in [4.69, 9.17) is 4.52 Å². The van der Waals surface area contributed by atoms with Gasteiger partial charge in [0.25, 0.3) is 0 Å². The topological polar surface area (TPSA) is 43.1 Å². The van der Waals surface area contributed by atoms with Gasteiger partial charge in [0, 0.05) is 19.4 Å². The van der Waals surface area contributed by atoms with Crippen LogP contribution in [0.15, 0.2) is 10.6 Å². The standard InChI is InChI=1S/C10H15NO2/c1-7(12)9-5-8(13-11-9)6-10(2,3)4/h5H,6H2,1-4H3. The summed E-state index contributed by atoms with van der Waals surface area (Å²) in [4.78, 5) is 10.9. The lowest BCUT2D eigenvalue weighted by molar-refractivity contribution is 0.100. The highest BCUT2D eigenvalue weighted by molar-refractivity contribution is 5.91. The highest BCUT2D eigenvalue weighted by Crippen LogP contribution is 2.20. The lowest BCUT2D eigenvalue weighted by atomic mass is 9.91. The van der Waals surface area contributed by atoms with E-state index in [1.54, 1.807) is 6.07 Å². The maximum Gasteiger partial charge on any atom is 0.181 e. The maximum absolute atomic E-state index is 10.9. The number of carbonyl (C=O) groups excluding carboxylic acids is 1. The van der Waals surface area contributed by atoms with Gasteiger partial charge in [0.15, 0.2) is 5.78 Å². The van der Waals surface area contributed by atoms with Crippen LogP contribution in [0.3, 0.4) is 0 Å². The molecule has 0 bridgehead atoms. The van der Waals surface area contributed by atoms with Gasteiger partial charge in [0.05, 0.1) is 0 Å². The summed E-state index contributed by atoms with van der Waals surface area (Å²) >= 11 is 0. The molecule has 0 spiro atoms. The molecule has 0 aliphatic rings. The minimum absolute atomic E-state index is 0.0519. The number of ketones is 1. The van der Waals surface area contributed by atoms with E-state index in [9.17, 15) is 4.79 Å². The van der Waals surface area contributed by atoms with Crippen LogP contribution in [0.5, 0.6) is 0 Å². The third-order valence-corrected chi connectivity index (χ3v) is 1.62. The molecule has 1 heterocycles. The van der Waals surface area contributed by atoms with Crippen LogP contribution in [-0.2, 0) is 6.42 Å². The summed E-state index contributed by atoms with van der Waals surface area (Å²) < 4.78 is 5.03. The fraction of sp³-hybridized carbons (Fsp3) is 0.600. The number of carbonyl (C=O) groups is 1. The molecule has 0 radical (unpaired) electrons. The summed E-state index contributed by atoms with van der Waals surface area (Å²) in [6, 6.07) is 1.72. The maximum atomic E-state index is 10.9. The van der Waals surface area contributed by atoms with Crippen molar-refractivity contribution in [1.82, 2.24) is 5.16 Å². The predicted molar refractivity (Wildman–Crippen MR) is 49.7 cm³/mol. The second-order valence-electron chi connectivity index (χ2n) is 4.47. The Morgan fingerprint density at radius 1 is 1.54 bits per heavy atom. The van der Waals surface area contributed by atoms with Gasteiger partial charge >= 0.3 is 0 Å². The van der Waals surface area contributed by atoms with Gasteiger partial charge < -0.3 is 4.52 Å². The quantitative estimate of drug-likeness (QED) is 0.658. The average Bonchev–Trinajstić information content (AvgIpc) is 2.31. The highest BCUT2D eigenvalue weighted by Gasteiger charge is 2.16. The summed E-state index contributed by atoms with van der Waals surface area (Å²) in [6.07, 6.45) is 0.799. The molecule has 13 heavy (non-hydrogen) atoms. The number of hydrogen-bond acceptors (Lipinski definition) is 3. The first kappa shape index (κ1) is 9.96. The van der Waals surface area contributed by atoms with E-state index in [-0.39, 0.29) is 11.2 Å². The summed E-state index contributed by atoms with van der Waals surface area (Å²) in [6.45, 7) is 7.83. The minimum atomic E-state index is -0.0519. The molecule has 0 unspecified atom stereocenters. The third kappa shape index (κ3) is 3.01. The number of Topliss-reactive ketones (excluding diaryl/α,β-unsaturated/α-hetero) is 1. The monoisotopic (exact) mass is 181 g/mol. The van der Waals surface area contributed by atoms with Crippen LogP contribution in [0.1, 0.15) is 43.9 Å². The van der Waals surface area contributed by atoms with Gasteiger partial charge in [-0.1, -0.05) is 25.9 Å². The molecule has 0 aliphatic heterocycles.